The summed E-state index contributed by atoms with van der Waals surface area (Å²) in [7, 11) is 2.06. The molecule has 0 amide bonds. The summed E-state index contributed by atoms with van der Waals surface area (Å²) in [6.45, 7) is 0.778. The van der Waals surface area contributed by atoms with Gasteiger partial charge < -0.3 is 0 Å². The summed E-state index contributed by atoms with van der Waals surface area (Å²) in [5.74, 6) is 0. The van der Waals surface area contributed by atoms with Gasteiger partial charge in [-0.3, -0.25) is 4.58 Å². The van der Waals surface area contributed by atoms with Crippen LogP contribution in [0.3, 0.4) is 0 Å². The minimum absolute atomic E-state index is 0.778. The van der Waals surface area contributed by atoms with Gasteiger partial charge >= 0.3 is 5.17 Å². The summed E-state index contributed by atoms with van der Waals surface area (Å²) in [4.78, 5) is 0. The lowest BCUT2D eigenvalue weighted by Gasteiger charge is -2.12. The lowest BCUT2D eigenvalue weighted by Crippen LogP contribution is -2.20. The Bertz CT molecular complexity index is 1050. The van der Waals surface area contributed by atoms with E-state index in [4.69, 9.17) is 0 Å². The largest absolute Gasteiger partial charge is 0.308 e. The maximum Gasteiger partial charge on any atom is 0.308 e. The van der Waals surface area contributed by atoms with Gasteiger partial charge in [-0.15, -0.1) is 0 Å². The molecule has 4 rings (SSSR count). The predicted octanol–water partition coefficient (Wildman–Crippen LogP) is 5.53. The van der Waals surface area contributed by atoms with E-state index in [1.165, 1.54) is 27.1 Å². The molecule has 3 heteroatoms. The standard InChI is InChI=1S/C23H20N2S/c1-25(23(26)24-19-11-3-2-4-12-19)16-22-20-13-7-5-9-17(20)15-18-10-6-8-14-21(18)22/h2-15H,16H2,1H3,(H,24,26)/p+1. The molecule has 0 saturated heterocycles. The molecule has 0 aliphatic heterocycles. The van der Waals surface area contributed by atoms with E-state index >= 15 is 0 Å². The van der Waals surface area contributed by atoms with Crippen LogP contribution in [0.2, 0.25) is 0 Å². The van der Waals surface area contributed by atoms with Gasteiger partial charge in [0, 0.05) is 5.56 Å². The summed E-state index contributed by atoms with van der Waals surface area (Å²) >= 11 is 4.69. The van der Waals surface area contributed by atoms with E-state index in [0.29, 0.717) is 0 Å². The van der Waals surface area contributed by atoms with Crippen molar-refractivity contribution in [1.82, 2.24) is 0 Å². The highest BCUT2D eigenvalue weighted by Gasteiger charge is 2.12. The second-order valence-corrected chi connectivity index (χ2v) is 6.89. The third-order valence-electron chi connectivity index (χ3n) is 4.67. The number of rotatable bonds is 3. The summed E-state index contributed by atoms with van der Waals surface area (Å²) in [5.41, 5.74) is 2.36. The van der Waals surface area contributed by atoms with E-state index in [1.807, 2.05) is 30.3 Å². The van der Waals surface area contributed by atoms with Crippen molar-refractivity contribution < 1.29 is 4.58 Å². The smallest absolute Gasteiger partial charge is 0.255 e. The molecule has 2 nitrogen and oxygen atoms in total. The van der Waals surface area contributed by atoms with Crippen LogP contribution in [0.4, 0.5) is 5.69 Å². The molecule has 0 heterocycles. The Morgan fingerprint density at radius 3 is 1.96 bits per heavy atom. The quantitative estimate of drug-likeness (QED) is 0.162. The van der Waals surface area contributed by atoms with E-state index in [1.54, 1.807) is 0 Å². The van der Waals surface area contributed by atoms with Gasteiger partial charge in [0.05, 0.1) is 7.05 Å². The van der Waals surface area contributed by atoms with E-state index in [-0.39, 0.29) is 0 Å². The van der Waals surface area contributed by atoms with Crippen molar-refractivity contribution >= 4 is 45.0 Å². The topological polar surface area (TPSA) is 15.0 Å². The van der Waals surface area contributed by atoms with Crippen molar-refractivity contribution in [2.75, 3.05) is 12.4 Å². The van der Waals surface area contributed by atoms with Crippen LogP contribution in [-0.2, 0) is 6.54 Å². The molecule has 26 heavy (non-hydrogen) atoms. The van der Waals surface area contributed by atoms with Crippen LogP contribution in [-0.4, -0.2) is 16.8 Å². The molecular weight excluding hydrogens is 336 g/mol. The van der Waals surface area contributed by atoms with Crippen molar-refractivity contribution in [2.45, 2.75) is 6.54 Å². The number of thiol groups is 1. The van der Waals surface area contributed by atoms with Crippen LogP contribution in [0.5, 0.6) is 0 Å². The number of benzene rings is 4. The zero-order chi connectivity index (χ0) is 17.9. The normalized spacial score (nSPS) is 12.2. The van der Waals surface area contributed by atoms with Crippen molar-refractivity contribution in [1.29, 1.82) is 0 Å². The Labute approximate surface area is 159 Å². The lowest BCUT2D eigenvalue weighted by atomic mass is 9.97. The van der Waals surface area contributed by atoms with Crippen molar-refractivity contribution in [2.24, 2.45) is 0 Å². The van der Waals surface area contributed by atoms with Crippen molar-refractivity contribution in [3.63, 3.8) is 0 Å². The van der Waals surface area contributed by atoms with E-state index in [9.17, 15) is 0 Å². The molecule has 0 bridgehead atoms. The summed E-state index contributed by atoms with van der Waals surface area (Å²) in [6, 6.07) is 29.5. The van der Waals surface area contributed by atoms with Crippen LogP contribution in [0, 0.1) is 0 Å². The minimum atomic E-state index is 0.778. The Morgan fingerprint density at radius 2 is 1.35 bits per heavy atom. The number of fused-ring (bicyclic) bond motifs is 2. The molecular formula is C23H21N2S+. The molecule has 0 unspecified atom stereocenters. The number of hydrogen-bond acceptors (Lipinski definition) is 0. The fourth-order valence-electron chi connectivity index (χ4n) is 3.34. The second kappa shape index (κ2) is 7.22. The van der Waals surface area contributed by atoms with Gasteiger partial charge in [-0.05, 0) is 39.7 Å². The van der Waals surface area contributed by atoms with Crippen LogP contribution in [0.15, 0.2) is 84.9 Å². The lowest BCUT2D eigenvalue weighted by molar-refractivity contribution is -0.510. The zero-order valence-electron chi connectivity index (χ0n) is 14.7. The second-order valence-electron chi connectivity index (χ2n) is 6.47. The van der Waals surface area contributed by atoms with Crippen LogP contribution in [0.1, 0.15) is 5.56 Å². The van der Waals surface area contributed by atoms with E-state index in [2.05, 4.69) is 84.2 Å². The van der Waals surface area contributed by atoms with Gasteiger partial charge in [-0.2, -0.15) is 0 Å². The van der Waals surface area contributed by atoms with Crippen LogP contribution < -0.4 is 5.32 Å². The molecule has 128 valence electrons. The van der Waals surface area contributed by atoms with Crippen molar-refractivity contribution in [3.8, 4) is 0 Å². The first-order valence-corrected chi connectivity index (χ1v) is 9.15. The molecule has 4 aromatic carbocycles. The Hall–Kier alpha value is -2.78. The average Bonchev–Trinajstić information content (AvgIpc) is 2.68. The Morgan fingerprint density at radius 1 is 0.808 bits per heavy atom. The minimum Gasteiger partial charge on any atom is -0.255 e. The number of anilines is 1. The van der Waals surface area contributed by atoms with Gasteiger partial charge in [0.15, 0.2) is 0 Å². The van der Waals surface area contributed by atoms with Crippen molar-refractivity contribution in [3.05, 3.63) is 90.5 Å². The molecule has 0 saturated carbocycles. The first kappa shape index (κ1) is 16.7. The fourth-order valence-corrected chi connectivity index (χ4v) is 3.54. The molecule has 1 N–H and O–H groups in total. The maximum absolute atomic E-state index is 4.69. The van der Waals surface area contributed by atoms with E-state index < -0.39 is 0 Å². The number of nitrogens with zero attached hydrogens (tertiary/aromatic N) is 1. The third-order valence-corrected chi connectivity index (χ3v) is 5.12. The molecule has 0 aliphatic rings. The van der Waals surface area contributed by atoms with Gasteiger partial charge in [0.25, 0.3) is 0 Å². The Balaban J connectivity index is 1.79. The summed E-state index contributed by atoms with van der Waals surface area (Å²) < 4.78 is 2.14. The van der Waals surface area contributed by atoms with Gasteiger partial charge in [-0.1, -0.05) is 79.4 Å². The molecule has 0 aromatic heterocycles. The highest BCUT2D eigenvalue weighted by atomic mass is 32.1. The molecule has 0 aliphatic carbocycles. The number of amidine groups is 1. The summed E-state index contributed by atoms with van der Waals surface area (Å²) in [6.07, 6.45) is 0. The number of para-hydroxylation sites is 1. The number of nitrogens with one attached hydrogen (secondary N) is 1. The first-order valence-electron chi connectivity index (χ1n) is 8.71. The predicted molar refractivity (Wildman–Crippen MR) is 115 cm³/mol. The summed E-state index contributed by atoms with van der Waals surface area (Å²) in [5, 5.41) is 9.31. The van der Waals surface area contributed by atoms with Crippen LogP contribution in [0.25, 0.3) is 21.5 Å². The first-order chi connectivity index (χ1) is 12.7. The van der Waals surface area contributed by atoms with Gasteiger partial charge in [0.1, 0.15) is 12.2 Å². The van der Waals surface area contributed by atoms with E-state index in [0.717, 1.165) is 17.4 Å². The highest BCUT2D eigenvalue weighted by molar-refractivity contribution is 7.97. The molecule has 0 radical (unpaired) electrons. The Kier molecular flexibility index (Phi) is 4.63. The molecule has 0 fully saturated rings. The monoisotopic (exact) mass is 357 g/mol. The van der Waals surface area contributed by atoms with Crippen LogP contribution >= 0.6 is 12.6 Å². The third kappa shape index (κ3) is 3.31. The molecule has 0 atom stereocenters. The highest BCUT2D eigenvalue weighted by Crippen LogP contribution is 2.29. The van der Waals surface area contributed by atoms with Gasteiger partial charge in [0.2, 0.25) is 0 Å². The SMILES string of the molecule is C[N+](Cc1c2ccccc2cc2ccccc12)=C(S)Nc1ccccc1. The molecule has 4 aromatic rings. The van der Waals surface area contributed by atoms with Gasteiger partial charge in [-0.25, -0.2) is 5.32 Å². The maximum atomic E-state index is 4.69. The molecule has 0 spiro atoms. The zero-order valence-corrected chi connectivity index (χ0v) is 15.6. The average molecular weight is 358 g/mol. The number of hydrogen-bond donors (Lipinski definition) is 2. The fraction of sp³-hybridized carbons (Fsp3) is 0.0870.